The highest BCUT2D eigenvalue weighted by atomic mass is 32.2. The van der Waals surface area contributed by atoms with Gasteiger partial charge in [-0.3, -0.25) is 0 Å². The molecule has 16 heavy (non-hydrogen) atoms. The average Bonchev–Trinajstić information content (AvgIpc) is 2.16. The fourth-order valence-electron chi connectivity index (χ4n) is 1.48. The molecule has 0 bridgehead atoms. The summed E-state index contributed by atoms with van der Waals surface area (Å²) in [5, 5.41) is 9.79. The summed E-state index contributed by atoms with van der Waals surface area (Å²) in [7, 11) is 0. The number of aryl methyl sites for hydroxylation is 2. The molecular weight excluding hydrogens is 222 g/mol. The number of carbonyl (C=O) groups is 1. The van der Waals surface area contributed by atoms with Crippen LogP contribution >= 0.6 is 11.8 Å². The number of hydrogen-bond donors (Lipinski definition) is 1. The highest BCUT2D eigenvalue weighted by Crippen LogP contribution is 2.25. The van der Waals surface area contributed by atoms with E-state index in [-0.39, 0.29) is 0 Å². The maximum atomic E-state index is 11.1. The molecule has 0 atom stereocenters. The van der Waals surface area contributed by atoms with Crippen LogP contribution in [-0.2, 0) is 0 Å². The van der Waals surface area contributed by atoms with Gasteiger partial charge in [-0.2, -0.15) is 0 Å². The lowest BCUT2D eigenvalue weighted by molar-refractivity contribution is 0.0691. The molecule has 3 nitrogen and oxygen atoms in total. The second-order valence-electron chi connectivity index (χ2n) is 3.77. The first kappa shape index (κ1) is 13.0. The zero-order valence-corrected chi connectivity index (χ0v) is 10.7. The molecule has 88 valence electrons. The summed E-state index contributed by atoms with van der Waals surface area (Å²) in [6.45, 7) is 5.83. The number of nitrogens with zero attached hydrogens (tertiary/aromatic N) is 1. The van der Waals surface area contributed by atoms with Crippen LogP contribution in [0.1, 0.15) is 41.4 Å². The molecule has 0 radical (unpaired) electrons. The Morgan fingerprint density at radius 1 is 1.50 bits per heavy atom. The first-order valence-corrected chi connectivity index (χ1v) is 6.39. The third-order valence-electron chi connectivity index (χ3n) is 2.26. The summed E-state index contributed by atoms with van der Waals surface area (Å²) in [5.74, 6) is 0.0381. The summed E-state index contributed by atoms with van der Waals surface area (Å²) in [4.78, 5) is 15.4. The fourth-order valence-corrected chi connectivity index (χ4v) is 2.71. The number of unbranched alkanes of at least 4 members (excludes halogenated alkanes) is 1. The molecule has 0 amide bonds. The van der Waals surface area contributed by atoms with Crippen molar-refractivity contribution in [1.82, 2.24) is 4.98 Å². The molecular formula is C12H17NO2S. The Morgan fingerprint density at radius 3 is 2.75 bits per heavy atom. The molecule has 0 aliphatic heterocycles. The van der Waals surface area contributed by atoms with Crippen LogP contribution in [0.4, 0.5) is 0 Å². The zero-order chi connectivity index (χ0) is 12.1. The summed E-state index contributed by atoms with van der Waals surface area (Å²) in [6, 6.07) is 1.81. The number of carboxylic acids is 1. The summed E-state index contributed by atoms with van der Waals surface area (Å²) >= 11 is 1.54. The van der Waals surface area contributed by atoms with Crippen molar-refractivity contribution >= 4 is 17.7 Å². The van der Waals surface area contributed by atoms with Gasteiger partial charge in [-0.05, 0) is 37.7 Å². The molecule has 0 spiro atoms. The molecule has 0 fully saturated rings. The smallest absolute Gasteiger partial charge is 0.338 e. The molecule has 0 saturated carbocycles. The quantitative estimate of drug-likeness (QED) is 0.632. The lowest BCUT2D eigenvalue weighted by Crippen LogP contribution is -2.05. The number of hydrogen-bond acceptors (Lipinski definition) is 3. The molecule has 0 saturated heterocycles. The Labute approximate surface area is 100 Å². The van der Waals surface area contributed by atoms with E-state index in [1.165, 1.54) is 11.8 Å². The predicted octanol–water partition coefficient (Wildman–Crippen LogP) is 3.29. The Kier molecular flexibility index (Phi) is 4.80. The van der Waals surface area contributed by atoms with Gasteiger partial charge in [-0.25, -0.2) is 9.78 Å². The number of carboxylic acid groups (broad SMARTS) is 1. The Balaban J connectivity index is 2.99. The van der Waals surface area contributed by atoms with Crippen molar-refractivity contribution in [3.63, 3.8) is 0 Å². The summed E-state index contributed by atoms with van der Waals surface area (Å²) in [5.41, 5.74) is 2.02. The lowest BCUT2D eigenvalue weighted by atomic mass is 10.1. The van der Waals surface area contributed by atoms with Gasteiger partial charge < -0.3 is 5.11 Å². The van der Waals surface area contributed by atoms with Crippen LogP contribution in [0.2, 0.25) is 0 Å². The minimum Gasteiger partial charge on any atom is -0.478 e. The van der Waals surface area contributed by atoms with Crippen LogP contribution < -0.4 is 0 Å². The van der Waals surface area contributed by atoms with Gasteiger partial charge >= 0.3 is 5.97 Å². The van der Waals surface area contributed by atoms with E-state index >= 15 is 0 Å². The van der Waals surface area contributed by atoms with Crippen molar-refractivity contribution in [3.05, 3.63) is 22.9 Å². The molecule has 1 aromatic rings. The van der Waals surface area contributed by atoms with Crippen molar-refractivity contribution in [2.75, 3.05) is 5.75 Å². The maximum absolute atomic E-state index is 11.1. The van der Waals surface area contributed by atoms with Gasteiger partial charge in [0.25, 0.3) is 0 Å². The molecule has 1 rings (SSSR count). The minimum absolute atomic E-state index is 0.353. The van der Waals surface area contributed by atoms with E-state index in [0.717, 1.165) is 29.9 Å². The summed E-state index contributed by atoms with van der Waals surface area (Å²) in [6.07, 6.45) is 2.19. The van der Waals surface area contributed by atoms with Crippen LogP contribution in [0, 0.1) is 13.8 Å². The second-order valence-corrected chi connectivity index (χ2v) is 4.85. The van der Waals surface area contributed by atoms with Crippen LogP contribution in [0.3, 0.4) is 0 Å². The average molecular weight is 239 g/mol. The maximum Gasteiger partial charge on any atom is 0.338 e. The van der Waals surface area contributed by atoms with Crippen molar-refractivity contribution in [2.24, 2.45) is 0 Å². The van der Waals surface area contributed by atoms with Crippen molar-refractivity contribution < 1.29 is 9.90 Å². The Morgan fingerprint density at radius 2 is 2.19 bits per heavy atom. The largest absolute Gasteiger partial charge is 0.478 e. The number of pyridine rings is 1. The van der Waals surface area contributed by atoms with Crippen molar-refractivity contribution in [1.29, 1.82) is 0 Å². The van der Waals surface area contributed by atoms with E-state index in [4.69, 9.17) is 5.11 Å². The van der Waals surface area contributed by atoms with Gasteiger partial charge in [0.1, 0.15) is 5.03 Å². The van der Waals surface area contributed by atoms with E-state index in [0.29, 0.717) is 10.6 Å². The van der Waals surface area contributed by atoms with Crippen molar-refractivity contribution in [2.45, 2.75) is 38.6 Å². The van der Waals surface area contributed by atoms with Gasteiger partial charge in [-0.15, -0.1) is 11.8 Å². The highest BCUT2D eigenvalue weighted by molar-refractivity contribution is 7.99. The SMILES string of the molecule is CCCCSc1nc(C)cc(C)c1C(=O)O. The van der Waals surface area contributed by atoms with E-state index in [2.05, 4.69) is 11.9 Å². The number of aromatic nitrogens is 1. The topological polar surface area (TPSA) is 50.2 Å². The van der Waals surface area contributed by atoms with Crippen LogP contribution in [0.15, 0.2) is 11.1 Å². The minimum atomic E-state index is -0.885. The van der Waals surface area contributed by atoms with Gasteiger partial charge in [0.2, 0.25) is 0 Å². The van der Waals surface area contributed by atoms with E-state index in [9.17, 15) is 4.79 Å². The number of thioether (sulfide) groups is 1. The molecule has 0 aliphatic carbocycles. The molecule has 0 aromatic carbocycles. The van der Waals surface area contributed by atoms with Gasteiger partial charge in [0, 0.05) is 5.69 Å². The third kappa shape index (κ3) is 3.23. The molecule has 1 heterocycles. The summed E-state index contributed by atoms with van der Waals surface area (Å²) < 4.78 is 0. The molecule has 0 unspecified atom stereocenters. The second kappa shape index (κ2) is 5.89. The Hall–Kier alpha value is -1.03. The van der Waals surface area contributed by atoms with Crippen LogP contribution in [0.5, 0.6) is 0 Å². The van der Waals surface area contributed by atoms with Crippen LogP contribution in [-0.4, -0.2) is 21.8 Å². The molecule has 4 heteroatoms. The molecule has 0 aliphatic rings. The lowest BCUT2D eigenvalue weighted by Gasteiger charge is -2.08. The van der Waals surface area contributed by atoms with E-state index < -0.39 is 5.97 Å². The Bertz CT molecular complexity index is 391. The van der Waals surface area contributed by atoms with Gasteiger partial charge in [-0.1, -0.05) is 13.3 Å². The van der Waals surface area contributed by atoms with E-state index in [1.54, 1.807) is 0 Å². The zero-order valence-electron chi connectivity index (χ0n) is 9.91. The third-order valence-corrected chi connectivity index (χ3v) is 3.32. The fraction of sp³-hybridized carbons (Fsp3) is 0.500. The monoisotopic (exact) mass is 239 g/mol. The van der Waals surface area contributed by atoms with Crippen LogP contribution in [0.25, 0.3) is 0 Å². The number of rotatable bonds is 5. The first-order valence-electron chi connectivity index (χ1n) is 5.40. The standard InChI is InChI=1S/C12H17NO2S/c1-4-5-6-16-11-10(12(14)15)8(2)7-9(3)13-11/h7H,4-6H2,1-3H3,(H,14,15). The predicted molar refractivity (Wildman–Crippen MR) is 66.3 cm³/mol. The van der Waals surface area contributed by atoms with Gasteiger partial charge in [0.05, 0.1) is 5.56 Å². The normalized spacial score (nSPS) is 10.4. The molecule has 1 aromatic heterocycles. The van der Waals surface area contributed by atoms with Crippen molar-refractivity contribution in [3.8, 4) is 0 Å². The first-order chi connectivity index (χ1) is 7.56. The van der Waals surface area contributed by atoms with E-state index in [1.807, 2.05) is 19.9 Å². The highest BCUT2D eigenvalue weighted by Gasteiger charge is 2.15. The number of aromatic carboxylic acids is 1. The molecule has 1 N–H and O–H groups in total. The van der Waals surface area contributed by atoms with Gasteiger partial charge in [0.15, 0.2) is 0 Å².